The Hall–Kier alpha value is -1.26. The minimum atomic E-state index is -0.576. The van der Waals surface area contributed by atoms with Crippen molar-refractivity contribution in [2.45, 2.75) is 33.6 Å². The Morgan fingerprint density at radius 2 is 1.83 bits per heavy atom. The van der Waals surface area contributed by atoms with Gasteiger partial charge in [0.1, 0.15) is 0 Å². The average molecular weight is 255 g/mol. The van der Waals surface area contributed by atoms with Gasteiger partial charge in [-0.1, -0.05) is 6.92 Å². The van der Waals surface area contributed by atoms with Crippen molar-refractivity contribution in [3.8, 4) is 0 Å². The molecule has 0 aliphatic carbocycles. The molecule has 0 aromatic rings. The van der Waals surface area contributed by atoms with E-state index >= 15 is 0 Å². The number of rotatable bonds is 3. The lowest BCUT2D eigenvalue weighted by atomic mass is 9.92. The Morgan fingerprint density at radius 3 is 2.33 bits per heavy atom. The summed E-state index contributed by atoms with van der Waals surface area (Å²) in [6.07, 6.45) is 2.12. The minimum Gasteiger partial charge on any atom is -0.359 e. The molecule has 3 amide bonds. The number of likely N-dealkylation sites (tertiary alicyclic amines) is 1. The highest BCUT2D eigenvalue weighted by atomic mass is 16.2. The number of nitrogens with one attached hydrogen (secondary N) is 2. The molecule has 18 heavy (non-hydrogen) atoms. The third-order valence-corrected chi connectivity index (χ3v) is 3.59. The summed E-state index contributed by atoms with van der Waals surface area (Å²) in [6.45, 7) is 7.84. The molecule has 0 aromatic carbocycles. The van der Waals surface area contributed by atoms with Gasteiger partial charge in [0, 0.05) is 26.7 Å². The fourth-order valence-corrected chi connectivity index (χ4v) is 2.04. The molecular formula is C13H25N3O2. The molecule has 0 unspecified atom stereocenters. The van der Waals surface area contributed by atoms with E-state index in [0.29, 0.717) is 12.5 Å². The van der Waals surface area contributed by atoms with Crippen molar-refractivity contribution in [3.63, 3.8) is 0 Å². The standard InChI is InChI=1S/C13H25N3O2/c1-10-5-7-16(8-6-10)12(18)15-9-13(2,3)11(17)14-4/h10H,5-9H2,1-4H3,(H,14,17)(H,15,18). The first-order chi connectivity index (χ1) is 8.36. The zero-order valence-corrected chi connectivity index (χ0v) is 11.9. The molecular weight excluding hydrogens is 230 g/mol. The van der Waals surface area contributed by atoms with E-state index in [0.717, 1.165) is 25.9 Å². The van der Waals surface area contributed by atoms with Crippen molar-refractivity contribution in [1.29, 1.82) is 0 Å². The summed E-state index contributed by atoms with van der Waals surface area (Å²) in [4.78, 5) is 25.4. The van der Waals surface area contributed by atoms with Gasteiger partial charge in [0.25, 0.3) is 0 Å². The molecule has 0 bridgehead atoms. The summed E-state index contributed by atoms with van der Waals surface area (Å²) < 4.78 is 0. The number of nitrogens with zero attached hydrogens (tertiary/aromatic N) is 1. The van der Waals surface area contributed by atoms with Crippen LogP contribution in [0, 0.1) is 11.3 Å². The molecule has 1 saturated heterocycles. The Morgan fingerprint density at radius 1 is 1.28 bits per heavy atom. The van der Waals surface area contributed by atoms with E-state index in [1.807, 2.05) is 18.7 Å². The van der Waals surface area contributed by atoms with Crippen LogP contribution < -0.4 is 10.6 Å². The summed E-state index contributed by atoms with van der Waals surface area (Å²) in [5.74, 6) is 0.645. The maximum absolute atomic E-state index is 11.9. The van der Waals surface area contributed by atoms with Crippen molar-refractivity contribution >= 4 is 11.9 Å². The second kappa shape index (κ2) is 6.07. The first-order valence-corrected chi connectivity index (χ1v) is 6.62. The van der Waals surface area contributed by atoms with Crippen molar-refractivity contribution in [3.05, 3.63) is 0 Å². The maximum atomic E-state index is 11.9. The number of urea groups is 1. The van der Waals surface area contributed by atoms with Crippen molar-refractivity contribution in [2.24, 2.45) is 11.3 Å². The van der Waals surface area contributed by atoms with Crippen LogP contribution in [0.2, 0.25) is 0 Å². The lowest BCUT2D eigenvalue weighted by Crippen LogP contribution is -2.49. The molecule has 5 heteroatoms. The summed E-state index contributed by atoms with van der Waals surface area (Å²) in [7, 11) is 1.61. The fraction of sp³-hybridized carbons (Fsp3) is 0.846. The van der Waals surface area contributed by atoms with Crippen LogP contribution in [0.5, 0.6) is 0 Å². The zero-order valence-electron chi connectivity index (χ0n) is 11.9. The van der Waals surface area contributed by atoms with E-state index in [1.165, 1.54) is 0 Å². The van der Waals surface area contributed by atoms with Crippen molar-refractivity contribution < 1.29 is 9.59 Å². The Labute approximate surface area is 109 Å². The lowest BCUT2D eigenvalue weighted by molar-refractivity contribution is -0.128. The number of carbonyl (C=O) groups is 2. The molecule has 1 aliphatic rings. The summed E-state index contributed by atoms with van der Waals surface area (Å²) in [5, 5.41) is 5.46. The quantitative estimate of drug-likeness (QED) is 0.796. The molecule has 1 rings (SSSR count). The van der Waals surface area contributed by atoms with Crippen LogP contribution in [-0.2, 0) is 4.79 Å². The number of hydrogen-bond acceptors (Lipinski definition) is 2. The highest BCUT2D eigenvalue weighted by Gasteiger charge is 2.28. The van der Waals surface area contributed by atoms with E-state index in [-0.39, 0.29) is 11.9 Å². The number of hydrogen-bond donors (Lipinski definition) is 2. The number of amides is 3. The average Bonchev–Trinajstić information content (AvgIpc) is 2.35. The van der Waals surface area contributed by atoms with Gasteiger partial charge in [-0.25, -0.2) is 4.79 Å². The first-order valence-electron chi connectivity index (χ1n) is 6.62. The Balaban J connectivity index is 2.39. The zero-order chi connectivity index (χ0) is 13.8. The van der Waals surface area contributed by atoms with Crippen LogP contribution >= 0.6 is 0 Å². The van der Waals surface area contributed by atoms with E-state index in [4.69, 9.17) is 0 Å². The van der Waals surface area contributed by atoms with Gasteiger partial charge in [-0.15, -0.1) is 0 Å². The third kappa shape index (κ3) is 3.89. The predicted octanol–water partition coefficient (Wildman–Crippen LogP) is 1.20. The van der Waals surface area contributed by atoms with Gasteiger partial charge < -0.3 is 15.5 Å². The summed E-state index contributed by atoms with van der Waals surface area (Å²) in [5.41, 5.74) is -0.576. The largest absolute Gasteiger partial charge is 0.359 e. The highest BCUT2D eigenvalue weighted by Crippen LogP contribution is 2.17. The molecule has 0 aromatic heterocycles. The van der Waals surface area contributed by atoms with Gasteiger partial charge in [-0.2, -0.15) is 0 Å². The van der Waals surface area contributed by atoms with Gasteiger partial charge in [-0.05, 0) is 32.6 Å². The number of carbonyl (C=O) groups excluding carboxylic acids is 2. The van der Waals surface area contributed by atoms with Crippen molar-refractivity contribution in [1.82, 2.24) is 15.5 Å². The van der Waals surface area contributed by atoms with Crippen LogP contribution in [0.3, 0.4) is 0 Å². The summed E-state index contributed by atoms with van der Waals surface area (Å²) >= 11 is 0. The Kier molecular flexibility index (Phi) is 4.99. The molecule has 0 radical (unpaired) electrons. The predicted molar refractivity (Wildman–Crippen MR) is 71.2 cm³/mol. The molecule has 1 aliphatic heterocycles. The molecule has 0 atom stereocenters. The van der Waals surface area contributed by atoms with Crippen LogP contribution in [0.15, 0.2) is 0 Å². The highest BCUT2D eigenvalue weighted by molar-refractivity contribution is 5.83. The monoisotopic (exact) mass is 255 g/mol. The maximum Gasteiger partial charge on any atom is 0.317 e. The van der Waals surface area contributed by atoms with Gasteiger partial charge in [0.15, 0.2) is 0 Å². The number of piperidine rings is 1. The van der Waals surface area contributed by atoms with Gasteiger partial charge in [0.05, 0.1) is 5.41 Å². The molecule has 2 N–H and O–H groups in total. The van der Waals surface area contributed by atoms with Crippen molar-refractivity contribution in [2.75, 3.05) is 26.7 Å². The SMILES string of the molecule is CNC(=O)C(C)(C)CNC(=O)N1CCC(C)CC1. The van der Waals surface area contributed by atoms with E-state index in [2.05, 4.69) is 17.6 Å². The molecule has 0 spiro atoms. The van der Waals surface area contributed by atoms with E-state index < -0.39 is 5.41 Å². The van der Waals surface area contributed by atoms with Crippen LogP contribution in [0.4, 0.5) is 4.79 Å². The third-order valence-electron chi connectivity index (χ3n) is 3.59. The van der Waals surface area contributed by atoms with Gasteiger partial charge >= 0.3 is 6.03 Å². The second-order valence-electron chi connectivity index (χ2n) is 5.79. The molecule has 1 heterocycles. The van der Waals surface area contributed by atoms with E-state index in [1.54, 1.807) is 7.05 Å². The van der Waals surface area contributed by atoms with Gasteiger partial charge in [0.2, 0.25) is 5.91 Å². The minimum absolute atomic E-state index is 0.0566. The van der Waals surface area contributed by atoms with Crippen LogP contribution in [0.1, 0.15) is 33.6 Å². The smallest absolute Gasteiger partial charge is 0.317 e. The van der Waals surface area contributed by atoms with Crippen LogP contribution in [0.25, 0.3) is 0 Å². The fourth-order valence-electron chi connectivity index (χ4n) is 2.04. The van der Waals surface area contributed by atoms with Gasteiger partial charge in [-0.3, -0.25) is 4.79 Å². The molecule has 104 valence electrons. The Bertz CT molecular complexity index is 307. The molecule has 5 nitrogen and oxygen atoms in total. The van der Waals surface area contributed by atoms with Crippen LogP contribution in [-0.4, -0.2) is 43.5 Å². The topological polar surface area (TPSA) is 61.4 Å². The normalized spacial score (nSPS) is 17.4. The second-order valence-corrected chi connectivity index (χ2v) is 5.79. The van der Waals surface area contributed by atoms with E-state index in [9.17, 15) is 9.59 Å². The first kappa shape index (κ1) is 14.8. The molecule has 1 fully saturated rings. The molecule has 0 saturated carbocycles. The summed E-state index contributed by atoms with van der Waals surface area (Å²) in [6, 6.07) is -0.0566. The lowest BCUT2D eigenvalue weighted by Gasteiger charge is -2.31.